The molecule has 0 N–H and O–H groups in total. The summed E-state index contributed by atoms with van der Waals surface area (Å²) in [7, 11) is 4.94. The minimum Gasteiger partial charge on any atom is -0.343 e. The Hall–Kier alpha value is -0.0400. The first-order valence-electron chi connectivity index (χ1n) is 7.02. The first-order valence-corrected chi connectivity index (χ1v) is 9.78. The molecular weight excluding hydrogens is 278 g/mol. The normalized spacial score (nSPS) is 13.1. The van der Waals surface area contributed by atoms with Crippen LogP contribution in [0.15, 0.2) is 0 Å². The molecule has 0 aliphatic heterocycles. The van der Waals surface area contributed by atoms with Crippen molar-refractivity contribution in [1.82, 2.24) is 9.57 Å². The number of aldehydes is 1. The van der Waals surface area contributed by atoms with Gasteiger partial charge in [0.05, 0.1) is 6.04 Å². The van der Waals surface area contributed by atoms with Gasteiger partial charge in [-0.05, 0) is 28.3 Å². The van der Waals surface area contributed by atoms with Gasteiger partial charge in [-0.1, -0.05) is 35.6 Å². The van der Waals surface area contributed by atoms with E-state index in [1.54, 1.807) is 0 Å². The maximum absolute atomic E-state index is 12.3. The lowest BCUT2D eigenvalue weighted by Crippen LogP contribution is -2.38. The largest absolute Gasteiger partial charge is 0.343 e. The molecule has 112 valence electrons. The van der Waals surface area contributed by atoms with E-state index in [9.17, 15) is 9.59 Å². The van der Waals surface area contributed by atoms with Crippen molar-refractivity contribution in [3.05, 3.63) is 0 Å². The minimum absolute atomic E-state index is 0.106. The zero-order chi connectivity index (χ0) is 14.7. The van der Waals surface area contributed by atoms with Gasteiger partial charge in [0.1, 0.15) is 6.29 Å². The van der Waals surface area contributed by atoms with E-state index in [-0.39, 0.29) is 11.9 Å². The van der Waals surface area contributed by atoms with Gasteiger partial charge in [0, 0.05) is 19.5 Å². The fourth-order valence-corrected chi connectivity index (χ4v) is 2.66. The molecule has 0 aliphatic rings. The number of carbonyl (C=O) groups excluding carboxylic acids is 2. The van der Waals surface area contributed by atoms with E-state index in [0.717, 1.165) is 45.1 Å². The number of unbranched alkanes of at least 4 members (excludes halogenated alkanes) is 2. The second-order valence-corrected chi connectivity index (χ2v) is 6.47. The van der Waals surface area contributed by atoms with E-state index in [1.165, 1.54) is 0 Å². The van der Waals surface area contributed by atoms with Crippen LogP contribution in [0.25, 0.3) is 0 Å². The second kappa shape index (κ2) is 11.8. The van der Waals surface area contributed by atoms with Gasteiger partial charge >= 0.3 is 0 Å². The van der Waals surface area contributed by atoms with Crippen LogP contribution in [-0.4, -0.2) is 47.9 Å². The third kappa shape index (κ3) is 7.97. The lowest BCUT2D eigenvalue weighted by Gasteiger charge is -2.26. The third-order valence-electron chi connectivity index (χ3n) is 3.16. The zero-order valence-corrected chi connectivity index (χ0v) is 14.5. The van der Waals surface area contributed by atoms with Crippen LogP contribution in [0.3, 0.4) is 0 Å². The van der Waals surface area contributed by atoms with Gasteiger partial charge in [-0.2, -0.15) is 0 Å². The highest BCUT2D eigenvalue weighted by atomic mass is 32.0. The predicted octanol–water partition coefficient (Wildman–Crippen LogP) is 2.69. The van der Waals surface area contributed by atoms with Crippen molar-refractivity contribution in [1.29, 1.82) is 0 Å². The molecule has 3 unspecified atom stereocenters. The number of hydrogen-bond donors (Lipinski definition) is 0. The van der Waals surface area contributed by atoms with Crippen LogP contribution in [-0.2, 0) is 9.59 Å². The molecular formula is C13H28N2O2P2. The van der Waals surface area contributed by atoms with Crippen LogP contribution in [0, 0.1) is 0 Å². The van der Waals surface area contributed by atoms with Crippen molar-refractivity contribution >= 4 is 29.5 Å². The highest BCUT2D eigenvalue weighted by molar-refractivity contribution is 8.01. The Morgan fingerprint density at radius 1 is 1.26 bits per heavy atom. The van der Waals surface area contributed by atoms with Gasteiger partial charge in [-0.3, -0.25) is 9.46 Å². The summed E-state index contributed by atoms with van der Waals surface area (Å²) < 4.78 is 1.91. The molecule has 0 aromatic carbocycles. The molecule has 19 heavy (non-hydrogen) atoms. The zero-order valence-electron chi connectivity index (χ0n) is 12.4. The van der Waals surface area contributed by atoms with Crippen molar-refractivity contribution in [3.63, 3.8) is 0 Å². The fraction of sp³-hybridized carbons (Fsp3) is 0.846. The van der Waals surface area contributed by atoms with E-state index in [2.05, 4.69) is 22.8 Å². The van der Waals surface area contributed by atoms with E-state index < -0.39 is 0 Å². The van der Waals surface area contributed by atoms with E-state index in [0.29, 0.717) is 14.8 Å². The fourth-order valence-electron chi connectivity index (χ4n) is 1.74. The maximum atomic E-state index is 12.3. The molecule has 0 aliphatic carbocycles. The van der Waals surface area contributed by atoms with Gasteiger partial charge in [-0.25, -0.2) is 0 Å². The summed E-state index contributed by atoms with van der Waals surface area (Å²) in [6, 6.07) is -0.297. The van der Waals surface area contributed by atoms with Gasteiger partial charge in [0.25, 0.3) is 0 Å². The molecule has 0 aromatic rings. The molecule has 3 atom stereocenters. The number of rotatable bonds is 11. The number of amides is 1. The minimum atomic E-state index is -0.297. The van der Waals surface area contributed by atoms with Gasteiger partial charge in [-0.15, -0.1) is 0 Å². The van der Waals surface area contributed by atoms with E-state index in [1.807, 2.05) is 16.6 Å². The van der Waals surface area contributed by atoms with Crippen molar-refractivity contribution < 1.29 is 9.59 Å². The second-order valence-electron chi connectivity index (χ2n) is 4.74. The Balaban J connectivity index is 4.45. The van der Waals surface area contributed by atoms with Gasteiger partial charge in [0.2, 0.25) is 5.91 Å². The summed E-state index contributed by atoms with van der Waals surface area (Å²) in [6.07, 6.45) is 5.41. The number of likely N-dealkylation sites (N-methyl/N-ethyl adjacent to an activating group) is 1. The quantitative estimate of drug-likeness (QED) is 0.435. The SMILES string of the molecule is CCCCN(CCCC)C(=O)CC(C=O)N(C)PP. The monoisotopic (exact) mass is 306 g/mol. The lowest BCUT2D eigenvalue weighted by atomic mass is 10.2. The average Bonchev–Trinajstić information content (AvgIpc) is 2.43. The predicted molar refractivity (Wildman–Crippen MR) is 86.7 cm³/mol. The average molecular weight is 306 g/mol. The molecule has 0 rings (SSSR count). The summed E-state index contributed by atoms with van der Waals surface area (Å²) in [5.41, 5.74) is 0. The molecule has 0 fully saturated rings. The highest BCUT2D eigenvalue weighted by Gasteiger charge is 2.20. The molecule has 1 amide bonds. The smallest absolute Gasteiger partial charge is 0.224 e. The summed E-state index contributed by atoms with van der Waals surface area (Å²) >= 11 is 0. The summed E-state index contributed by atoms with van der Waals surface area (Å²) in [5.74, 6) is 0.106. The van der Waals surface area contributed by atoms with Crippen molar-refractivity contribution in [2.24, 2.45) is 0 Å². The summed E-state index contributed by atoms with van der Waals surface area (Å²) in [5, 5.41) is 0. The van der Waals surface area contributed by atoms with Gasteiger partial charge in [0.15, 0.2) is 0 Å². The molecule has 0 saturated carbocycles. The Kier molecular flexibility index (Phi) is 11.7. The van der Waals surface area contributed by atoms with Crippen LogP contribution >= 0.6 is 17.3 Å². The Morgan fingerprint density at radius 3 is 2.16 bits per heavy atom. The summed E-state index contributed by atoms with van der Waals surface area (Å²) in [4.78, 5) is 25.3. The van der Waals surface area contributed by atoms with Gasteiger partial charge < -0.3 is 9.69 Å². The van der Waals surface area contributed by atoms with Crippen LogP contribution in [0.1, 0.15) is 46.0 Å². The number of nitrogens with zero attached hydrogens (tertiary/aromatic N) is 2. The van der Waals surface area contributed by atoms with E-state index in [4.69, 9.17) is 0 Å². The topological polar surface area (TPSA) is 40.6 Å². The Labute approximate surface area is 121 Å². The Bertz CT molecular complexity index is 257. The maximum Gasteiger partial charge on any atom is 0.224 e. The molecule has 6 heteroatoms. The molecule has 0 spiro atoms. The molecule has 0 aromatic heterocycles. The lowest BCUT2D eigenvalue weighted by molar-refractivity contribution is -0.133. The molecule has 0 heterocycles. The Morgan fingerprint density at radius 2 is 1.79 bits per heavy atom. The first kappa shape index (κ1) is 19.0. The number of carbonyl (C=O) groups is 2. The molecule has 4 nitrogen and oxygen atoms in total. The third-order valence-corrected chi connectivity index (χ3v) is 5.12. The highest BCUT2D eigenvalue weighted by Crippen LogP contribution is 2.27. The van der Waals surface area contributed by atoms with Crippen LogP contribution in [0.2, 0.25) is 0 Å². The van der Waals surface area contributed by atoms with Crippen molar-refractivity contribution in [2.75, 3.05) is 20.1 Å². The van der Waals surface area contributed by atoms with E-state index >= 15 is 0 Å². The number of hydrogen-bond acceptors (Lipinski definition) is 3. The van der Waals surface area contributed by atoms with Crippen molar-refractivity contribution in [2.45, 2.75) is 52.0 Å². The molecule has 0 saturated heterocycles. The molecule has 0 radical (unpaired) electrons. The first-order chi connectivity index (χ1) is 9.10. The van der Waals surface area contributed by atoms with Crippen LogP contribution < -0.4 is 0 Å². The van der Waals surface area contributed by atoms with Crippen LogP contribution in [0.4, 0.5) is 0 Å². The molecule has 0 bridgehead atoms. The summed E-state index contributed by atoms with van der Waals surface area (Å²) in [6.45, 7) is 5.88. The van der Waals surface area contributed by atoms with Crippen molar-refractivity contribution in [3.8, 4) is 0 Å². The van der Waals surface area contributed by atoms with Crippen LogP contribution in [0.5, 0.6) is 0 Å². The standard InChI is InChI=1S/C13H28N2O2P2/c1-4-6-8-15(9-7-5-2)13(17)10-12(11-16)14(3)19-18/h11-12,19H,4-10,18H2,1-3H3.